The second kappa shape index (κ2) is 7.05. The van der Waals surface area contributed by atoms with Crippen LogP contribution in [0.1, 0.15) is 17.0 Å². The monoisotopic (exact) mass is 329 g/mol. The van der Waals surface area contributed by atoms with Crippen molar-refractivity contribution in [1.29, 1.82) is 0 Å². The first kappa shape index (κ1) is 16.5. The van der Waals surface area contributed by atoms with Crippen LogP contribution in [-0.2, 0) is 11.2 Å². The third-order valence-corrected chi connectivity index (χ3v) is 4.43. The molecular weight excluding hydrogens is 306 g/mol. The molecule has 3 rings (SSSR count). The van der Waals surface area contributed by atoms with Crippen LogP contribution in [0, 0.1) is 19.8 Å². The number of β-amino-alcohol motifs (C(OH)–C–C–N with tert-alkyl or cyclic N) is 1. The summed E-state index contributed by atoms with van der Waals surface area (Å²) in [6.07, 6.45) is 0.137. The number of hydrogen-bond donors (Lipinski definition) is 2. The van der Waals surface area contributed by atoms with Crippen molar-refractivity contribution in [2.45, 2.75) is 26.4 Å². The summed E-state index contributed by atoms with van der Waals surface area (Å²) >= 11 is 0. The van der Waals surface area contributed by atoms with Crippen molar-refractivity contribution in [3.05, 3.63) is 47.3 Å². The van der Waals surface area contributed by atoms with Gasteiger partial charge < -0.3 is 14.7 Å². The molecule has 2 aromatic rings. The van der Waals surface area contributed by atoms with E-state index in [2.05, 4.69) is 10.2 Å². The number of rotatable bonds is 5. The van der Waals surface area contributed by atoms with Gasteiger partial charge in [-0.25, -0.2) is 0 Å². The highest BCUT2D eigenvalue weighted by atomic mass is 16.5. The lowest BCUT2D eigenvalue weighted by Gasteiger charge is -2.17. The van der Waals surface area contributed by atoms with Gasteiger partial charge in [-0.05, 0) is 38.0 Å². The molecule has 0 aliphatic carbocycles. The van der Waals surface area contributed by atoms with E-state index in [1.807, 2.05) is 44.2 Å². The number of para-hydroxylation sites is 1. The fraction of sp³-hybridized carbons (Fsp3) is 0.444. The van der Waals surface area contributed by atoms with Crippen LogP contribution >= 0.6 is 0 Å². The lowest BCUT2D eigenvalue weighted by atomic mass is 10.0. The number of carbonyl (C=O) groups is 1. The summed E-state index contributed by atoms with van der Waals surface area (Å²) in [5.74, 6) is 0.627. The van der Waals surface area contributed by atoms with E-state index in [0.717, 1.165) is 17.0 Å². The number of likely N-dealkylation sites (tertiary alicyclic amines) is 1. The van der Waals surface area contributed by atoms with Gasteiger partial charge in [-0.3, -0.25) is 9.89 Å². The molecule has 6 nitrogen and oxygen atoms in total. The topological polar surface area (TPSA) is 78.5 Å². The first-order valence-electron chi connectivity index (χ1n) is 8.18. The Morgan fingerprint density at radius 2 is 2.17 bits per heavy atom. The predicted octanol–water partition coefficient (Wildman–Crippen LogP) is 1.47. The molecule has 1 aromatic heterocycles. The molecule has 0 bridgehead atoms. The quantitative estimate of drug-likeness (QED) is 0.871. The van der Waals surface area contributed by atoms with E-state index in [-0.39, 0.29) is 18.4 Å². The van der Waals surface area contributed by atoms with Crippen LogP contribution in [0.15, 0.2) is 30.3 Å². The highest BCUT2D eigenvalue weighted by Crippen LogP contribution is 2.22. The van der Waals surface area contributed by atoms with Crippen molar-refractivity contribution < 1.29 is 14.6 Å². The van der Waals surface area contributed by atoms with E-state index in [9.17, 15) is 9.90 Å². The van der Waals surface area contributed by atoms with Crippen molar-refractivity contribution in [2.75, 3.05) is 19.7 Å². The summed E-state index contributed by atoms with van der Waals surface area (Å²) in [4.78, 5) is 14.0. The molecule has 24 heavy (non-hydrogen) atoms. The number of H-pyrrole nitrogens is 1. The van der Waals surface area contributed by atoms with Crippen LogP contribution in [0.25, 0.3) is 0 Å². The number of aromatic nitrogens is 2. The van der Waals surface area contributed by atoms with Crippen molar-refractivity contribution >= 4 is 5.91 Å². The molecule has 2 unspecified atom stereocenters. The third kappa shape index (κ3) is 3.76. The summed E-state index contributed by atoms with van der Waals surface area (Å²) in [5.41, 5.74) is 2.91. The van der Waals surface area contributed by atoms with Gasteiger partial charge in [0.1, 0.15) is 5.75 Å². The predicted molar refractivity (Wildman–Crippen MR) is 89.8 cm³/mol. The number of hydrogen-bond acceptors (Lipinski definition) is 4. The van der Waals surface area contributed by atoms with Crippen molar-refractivity contribution in [3.8, 4) is 5.75 Å². The molecular formula is C18H23N3O3. The van der Waals surface area contributed by atoms with E-state index in [1.165, 1.54) is 0 Å². The zero-order valence-electron chi connectivity index (χ0n) is 14.0. The van der Waals surface area contributed by atoms with Crippen LogP contribution in [-0.4, -0.2) is 51.9 Å². The van der Waals surface area contributed by atoms with Gasteiger partial charge in [-0.2, -0.15) is 5.10 Å². The second-order valence-corrected chi connectivity index (χ2v) is 6.43. The third-order valence-electron chi connectivity index (χ3n) is 4.43. The number of aromatic amines is 1. The van der Waals surface area contributed by atoms with E-state index >= 15 is 0 Å². The van der Waals surface area contributed by atoms with E-state index in [1.54, 1.807) is 4.90 Å². The smallest absolute Gasteiger partial charge is 0.260 e. The number of aliphatic hydroxyl groups excluding tert-OH is 1. The molecule has 2 heterocycles. The summed E-state index contributed by atoms with van der Waals surface area (Å²) in [6.45, 7) is 4.76. The summed E-state index contributed by atoms with van der Waals surface area (Å²) in [7, 11) is 0. The number of carbonyl (C=O) groups excluding carboxylic acids is 1. The first-order chi connectivity index (χ1) is 11.5. The molecule has 1 fully saturated rings. The van der Waals surface area contributed by atoms with Gasteiger partial charge in [0, 0.05) is 24.7 Å². The van der Waals surface area contributed by atoms with Crippen LogP contribution in [0.4, 0.5) is 0 Å². The zero-order chi connectivity index (χ0) is 17.1. The standard InChI is InChI=1S/C18H23N3O3/c1-12-5-3-4-6-17(12)24-11-18(23)21-9-14(16(22)10-21)8-15-7-13(2)19-20-15/h3-7,14,16,22H,8-11H2,1-2H3,(H,19,20). The van der Waals surface area contributed by atoms with Gasteiger partial charge in [0.15, 0.2) is 6.61 Å². The van der Waals surface area contributed by atoms with Gasteiger partial charge in [-0.15, -0.1) is 0 Å². The van der Waals surface area contributed by atoms with Gasteiger partial charge in [0.25, 0.3) is 5.91 Å². The minimum atomic E-state index is -0.524. The Morgan fingerprint density at radius 1 is 1.38 bits per heavy atom. The highest BCUT2D eigenvalue weighted by Gasteiger charge is 2.34. The molecule has 1 aliphatic rings. The van der Waals surface area contributed by atoms with Crippen molar-refractivity contribution in [3.63, 3.8) is 0 Å². The van der Waals surface area contributed by atoms with Gasteiger partial charge in [0.2, 0.25) is 0 Å². The Morgan fingerprint density at radius 3 is 2.88 bits per heavy atom. The normalized spacial score (nSPS) is 20.4. The lowest BCUT2D eigenvalue weighted by Crippen LogP contribution is -2.33. The molecule has 128 valence electrons. The molecule has 0 saturated carbocycles. The minimum absolute atomic E-state index is 0.00813. The molecule has 2 atom stereocenters. The molecule has 1 aromatic carbocycles. The van der Waals surface area contributed by atoms with E-state index in [0.29, 0.717) is 25.3 Å². The number of aryl methyl sites for hydroxylation is 2. The molecule has 0 radical (unpaired) electrons. The molecule has 1 amide bonds. The highest BCUT2D eigenvalue weighted by molar-refractivity contribution is 5.78. The molecule has 2 N–H and O–H groups in total. The van der Waals surface area contributed by atoms with Gasteiger partial charge in [-0.1, -0.05) is 18.2 Å². The Balaban J connectivity index is 1.54. The van der Waals surface area contributed by atoms with Crippen LogP contribution in [0.5, 0.6) is 5.75 Å². The number of benzene rings is 1. The average Bonchev–Trinajstić information content (AvgIpc) is 3.13. The van der Waals surface area contributed by atoms with Crippen molar-refractivity contribution in [1.82, 2.24) is 15.1 Å². The first-order valence-corrected chi connectivity index (χ1v) is 8.18. The van der Waals surface area contributed by atoms with Gasteiger partial charge in [0.05, 0.1) is 11.8 Å². The Bertz CT molecular complexity index is 713. The Labute approximate surface area is 141 Å². The maximum atomic E-state index is 12.3. The lowest BCUT2D eigenvalue weighted by molar-refractivity contribution is -0.132. The summed E-state index contributed by atoms with van der Waals surface area (Å²) in [5, 5.41) is 17.3. The molecule has 0 spiro atoms. The maximum Gasteiger partial charge on any atom is 0.260 e. The summed E-state index contributed by atoms with van der Waals surface area (Å²) in [6, 6.07) is 9.58. The maximum absolute atomic E-state index is 12.3. The molecule has 1 aliphatic heterocycles. The fourth-order valence-electron chi connectivity index (χ4n) is 3.06. The second-order valence-electron chi connectivity index (χ2n) is 6.43. The SMILES string of the molecule is Cc1cc(CC2CN(C(=O)COc3ccccc3C)CC2O)n[nH]1. The van der Waals surface area contributed by atoms with E-state index < -0.39 is 6.10 Å². The van der Waals surface area contributed by atoms with Crippen LogP contribution in [0.2, 0.25) is 0 Å². The largest absolute Gasteiger partial charge is 0.484 e. The van der Waals surface area contributed by atoms with Crippen LogP contribution in [0.3, 0.4) is 0 Å². The minimum Gasteiger partial charge on any atom is -0.484 e. The molecule has 1 saturated heterocycles. The summed E-state index contributed by atoms with van der Waals surface area (Å²) < 4.78 is 5.61. The van der Waals surface area contributed by atoms with Gasteiger partial charge >= 0.3 is 0 Å². The van der Waals surface area contributed by atoms with E-state index in [4.69, 9.17) is 4.74 Å². The number of nitrogens with one attached hydrogen (secondary N) is 1. The zero-order valence-corrected chi connectivity index (χ0v) is 14.0. The Hall–Kier alpha value is -2.34. The number of aliphatic hydroxyl groups is 1. The van der Waals surface area contributed by atoms with Crippen LogP contribution < -0.4 is 4.74 Å². The van der Waals surface area contributed by atoms with Crippen molar-refractivity contribution in [2.24, 2.45) is 5.92 Å². The average molecular weight is 329 g/mol. The number of nitrogens with zero attached hydrogens (tertiary/aromatic N) is 2. The number of amides is 1. The number of ether oxygens (including phenoxy) is 1. The fourth-order valence-corrected chi connectivity index (χ4v) is 3.06. The Kier molecular flexibility index (Phi) is 4.85. The molecule has 6 heteroatoms.